The number of hydrogen-bond donors (Lipinski definition) is 4. The zero-order valence-corrected chi connectivity index (χ0v) is 20.5. The Morgan fingerprint density at radius 1 is 0.944 bits per heavy atom. The summed E-state index contributed by atoms with van der Waals surface area (Å²) in [6.07, 6.45) is 5.04. The van der Waals surface area contributed by atoms with E-state index in [2.05, 4.69) is 27.4 Å². The van der Waals surface area contributed by atoms with Crippen molar-refractivity contribution in [3.63, 3.8) is 0 Å². The van der Waals surface area contributed by atoms with Crippen molar-refractivity contribution in [2.75, 3.05) is 38.1 Å². The maximum atomic E-state index is 12.3. The second-order valence-electron chi connectivity index (χ2n) is 8.84. The lowest BCUT2D eigenvalue weighted by molar-refractivity contribution is -0.123. The summed E-state index contributed by atoms with van der Waals surface area (Å²) in [5.74, 6) is 5.15. The van der Waals surface area contributed by atoms with Crippen molar-refractivity contribution in [1.29, 1.82) is 0 Å². The van der Waals surface area contributed by atoms with Crippen LogP contribution < -0.4 is 16.4 Å². The van der Waals surface area contributed by atoms with Crippen LogP contribution in [0.5, 0.6) is 0 Å². The molecule has 8 nitrogen and oxygen atoms in total. The van der Waals surface area contributed by atoms with Gasteiger partial charge in [0.2, 0.25) is 5.91 Å². The molecule has 0 spiro atoms. The van der Waals surface area contributed by atoms with E-state index >= 15 is 0 Å². The van der Waals surface area contributed by atoms with Gasteiger partial charge in [-0.3, -0.25) is 14.4 Å². The standard InChI is InChI=1S/C28H34N4O4/c29-19-25(26(34)20-33)31-28(36)23-12-8-21(9-13-23)6-7-22-10-14-24(15-11-22)30-27(35)5-1-2-16-32-17-3-4-18-32/h8-15,25,33H,1-5,16-20,29H2,(H,30,35)(H,31,36)/t25-/m0/s1. The average molecular weight is 491 g/mol. The van der Waals surface area contributed by atoms with Gasteiger partial charge < -0.3 is 26.4 Å². The SMILES string of the molecule is NC[C@H](NC(=O)c1ccc(C#Cc2ccc(NC(=O)CCCCN3CCCC3)cc2)cc1)C(=O)CO. The first kappa shape index (κ1) is 27.1. The fourth-order valence-electron chi connectivity index (χ4n) is 3.96. The number of carbonyl (C=O) groups is 3. The molecule has 2 amide bonds. The first-order chi connectivity index (χ1) is 17.5. The topological polar surface area (TPSA) is 125 Å². The zero-order chi connectivity index (χ0) is 25.8. The van der Waals surface area contributed by atoms with E-state index in [-0.39, 0.29) is 12.5 Å². The Labute approximate surface area is 212 Å². The quantitative estimate of drug-likeness (QED) is 0.282. The molecule has 2 aromatic carbocycles. The third-order valence-corrected chi connectivity index (χ3v) is 6.08. The van der Waals surface area contributed by atoms with Crippen LogP contribution in [0.1, 0.15) is 53.6 Å². The number of carbonyl (C=O) groups excluding carboxylic acids is 3. The number of Topliss-reactive ketones (excluding diaryl/α,β-unsaturated/α-hetero) is 1. The minimum atomic E-state index is -0.922. The molecule has 0 aliphatic carbocycles. The van der Waals surface area contributed by atoms with Gasteiger partial charge >= 0.3 is 0 Å². The van der Waals surface area contributed by atoms with Crippen molar-refractivity contribution in [3.8, 4) is 11.8 Å². The van der Waals surface area contributed by atoms with E-state index in [1.165, 1.54) is 25.9 Å². The third-order valence-electron chi connectivity index (χ3n) is 6.08. The molecule has 0 unspecified atom stereocenters. The molecule has 36 heavy (non-hydrogen) atoms. The number of benzene rings is 2. The van der Waals surface area contributed by atoms with Crippen LogP contribution in [0.3, 0.4) is 0 Å². The smallest absolute Gasteiger partial charge is 0.251 e. The number of rotatable bonds is 11. The minimum Gasteiger partial charge on any atom is -0.388 e. The molecule has 1 fully saturated rings. The molecule has 1 saturated heterocycles. The van der Waals surface area contributed by atoms with E-state index < -0.39 is 24.3 Å². The highest BCUT2D eigenvalue weighted by Crippen LogP contribution is 2.12. The molecule has 0 aromatic heterocycles. The van der Waals surface area contributed by atoms with Crippen LogP contribution in [0.15, 0.2) is 48.5 Å². The van der Waals surface area contributed by atoms with E-state index in [4.69, 9.17) is 10.8 Å². The predicted octanol–water partition coefficient (Wildman–Crippen LogP) is 1.91. The second kappa shape index (κ2) is 14.1. The molecule has 8 heteroatoms. The number of ketones is 1. The highest BCUT2D eigenvalue weighted by molar-refractivity contribution is 5.98. The van der Waals surface area contributed by atoms with Crippen LogP contribution >= 0.6 is 0 Å². The van der Waals surface area contributed by atoms with Gasteiger partial charge in [-0.1, -0.05) is 11.8 Å². The molecule has 0 bridgehead atoms. The number of unbranched alkanes of at least 4 members (excludes halogenated alkanes) is 1. The van der Waals surface area contributed by atoms with Crippen LogP contribution in [-0.4, -0.2) is 66.4 Å². The highest BCUT2D eigenvalue weighted by atomic mass is 16.3. The van der Waals surface area contributed by atoms with Crippen LogP contribution in [0.2, 0.25) is 0 Å². The van der Waals surface area contributed by atoms with Gasteiger partial charge in [-0.15, -0.1) is 0 Å². The van der Waals surface area contributed by atoms with Gasteiger partial charge in [0.1, 0.15) is 12.6 Å². The van der Waals surface area contributed by atoms with E-state index in [1.807, 2.05) is 24.3 Å². The summed E-state index contributed by atoms with van der Waals surface area (Å²) in [6.45, 7) is 2.69. The van der Waals surface area contributed by atoms with Gasteiger partial charge in [-0.25, -0.2) is 0 Å². The molecule has 1 aliphatic heterocycles. The molecule has 2 aromatic rings. The largest absolute Gasteiger partial charge is 0.388 e. The minimum absolute atomic E-state index is 0.0258. The van der Waals surface area contributed by atoms with Crippen molar-refractivity contribution in [2.24, 2.45) is 5.73 Å². The molecule has 0 radical (unpaired) electrons. The maximum Gasteiger partial charge on any atom is 0.251 e. The lowest BCUT2D eigenvalue weighted by Crippen LogP contribution is -2.46. The Bertz CT molecular complexity index is 1080. The summed E-state index contributed by atoms with van der Waals surface area (Å²) < 4.78 is 0. The summed E-state index contributed by atoms with van der Waals surface area (Å²) in [6, 6.07) is 13.1. The number of nitrogens with one attached hydrogen (secondary N) is 2. The predicted molar refractivity (Wildman–Crippen MR) is 139 cm³/mol. The van der Waals surface area contributed by atoms with E-state index in [9.17, 15) is 14.4 Å². The normalized spacial score (nSPS) is 13.9. The number of anilines is 1. The van der Waals surface area contributed by atoms with Crippen molar-refractivity contribution in [3.05, 3.63) is 65.2 Å². The van der Waals surface area contributed by atoms with Crippen LogP contribution in [-0.2, 0) is 9.59 Å². The molecule has 0 saturated carbocycles. The van der Waals surface area contributed by atoms with E-state index in [1.54, 1.807) is 24.3 Å². The lowest BCUT2D eigenvalue weighted by Gasteiger charge is -2.14. The fraction of sp³-hybridized carbons (Fsp3) is 0.393. The number of nitrogens with two attached hydrogens (primary N) is 1. The summed E-state index contributed by atoms with van der Waals surface area (Å²) in [4.78, 5) is 38.5. The Balaban J connectivity index is 1.45. The molecule has 190 valence electrons. The molecule has 1 heterocycles. The zero-order valence-electron chi connectivity index (χ0n) is 20.5. The van der Waals surface area contributed by atoms with Crippen molar-refractivity contribution in [2.45, 2.75) is 38.1 Å². The summed E-state index contributed by atoms with van der Waals surface area (Å²) >= 11 is 0. The van der Waals surface area contributed by atoms with Gasteiger partial charge in [0, 0.05) is 35.3 Å². The fourth-order valence-corrected chi connectivity index (χ4v) is 3.96. The van der Waals surface area contributed by atoms with Crippen molar-refractivity contribution < 1.29 is 19.5 Å². The van der Waals surface area contributed by atoms with Gasteiger partial charge in [0.15, 0.2) is 5.78 Å². The molecule has 1 atom stereocenters. The summed E-state index contributed by atoms with van der Waals surface area (Å²) in [5, 5.41) is 14.4. The number of nitrogens with zero attached hydrogens (tertiary/aromatic N) is 1. The first-order valence-electron chi connectivity index (χ1n) is 12.4. The van der Waals surface area contributed by atoms with E-state index in [0.29, 0.717) is 12.0 Å². The molecule has 1 aliphatic rings. The molecule has 3 rings (SSSR count). The van der Waals surface area contributed by atoms with Crippen LogP contribution in [0.25, 0.3) is 0 Å². The van der Waals surface area contributed by atoms with E-state index in [0.717, 1.165) is 36.2 Å². The van der Waals surface area contributed by atoms with Gasteiger partial charge in [-0.05, 0) is 93.8 Å². The second-order valence-corrected chi connectivity index (χ2v) is 8.84. The first-order valence-corrected chi connectivity index (χ1v) is 12.4. The monoisotopic (exact) mass is 490 g/mol. The van der Waals surface area contributed by atoms with Crippen LogP contribution in [0.4, 0.5) is 5.69 Å². The Morgan fingerprint density at radius 3 is 2.14 bits per heavy atom. The number of aliphatic hydroxyl groups excluding tert-OH is 1. The summed E-state index contributed by atoms with van der Waals surface area (Å²) in [7, 11) is 0. The van der Waals surface area contributed by atoms with Crippen molar-refractivity contribution >= 4 is 23.3 Å². The number of amides is 2. The van der Waals surface area contributed by atoms with Crippen molar-refractivity contribution in [1.82, 2.24) is 10.2 Å². The maximum absolute atomic E-state index is 12.3. The Kier molecular flexibility index (Phi) is 10.6. The van der Waals surface area contributed by atoms with Gasteiger partial charge in [-0.2, -0.15) is 0 Å². The third kappa shape index (κ3) is 8.61. The van der Waals surface area contributed by atoms with Gasteiger partial charge in [0.05, 0.1) is 0 Å². The Morgan fingerprint density at radius 2 is 1.56 bits per heavy atom. The lowest BCUT2D eigenvalue weighted by atomic mass is 10.1. The number of aliphatic hydroxyl groups is 1. The van der Waals surface area contributed by atoms with Gasteiger partial charge in [0.25, 0.3) is 5.91 Å². The molecule has 5 N–H and O–H groups in total. The number of likely N-dealkylation sites (tertiary alicyclic amines) is 1. The van der Waals surface area contributed by atoms with Crippen LogP contribution in [0, 0.1) is 11.8 Å². The highest BCUT2D eigenvalue weighted by Gasteiger charge is 2.18. The molecular weight excluding hydrogens is 456 g/mol. The summed E-state index contributed by atoms with van der Waals surface area (Å²) in [5.41, 5.74) is 8.11. The number of hydrogen-bond acceptors (Lipinski definition) is 6. The molecular formula is C28H34N4O4. The average Bonchev–Trinajstić information content (AvgIpc) is 3.43. The Hall–Kier alpha value is -3.51.